The number of quaternary nitrogens is 1. The van der Waals surface area contributed by atoms with Crippen LogP contribution in [0.5, 0.6) is 0 Å². The van der Waals surface area contributed by atoms with Crippen LogP contribution in [-0.4, -0.2) is 75.6 Å². The quantitative estimate of drug-likeness (QED) is 0.0215. The number of carbonyl (C=O) groups is 1. The van der Waals surface area contributed by atoms with Crippen molar-refractivity contribution in [1.82, 2.24) is 0 Å². The Morgan fingerprint density at radius 3 is 1.50 bits per heavy atom. The predicted octanol–water partition coefficient (Wildman–Crippen LogP) is 13.8. The van der Waals surface area contributed by atoms with Crippen LogP contribution in [0.2, 0.25) is 0 Å². The van der Waals surface area contributed by atoms with Gasteiger partial charge in [-0.3, -0.25) is 13.8 Å². The van der Waals surface area contributed by atoms with Crippen molar-refractivity contribution in [2.45, 2.75) is 206 Å². The first kappa shape index (κ1) is 54.7. The molecule has 0 aliphatic carbocycles. The summed E-state index contributed by atoms with van der Waals surface area (Å²) < 4.78 is 35.0. The molecule has 56 heavy (non-hydrogen) atoms. The van der Waals surface area contributed by atoms with E-state index in [4.69, 9.17) is 18.5 Å². The number of rotatable bonds is 43. The van der Waals surface area contributed by atoms with Crippen molar-refractivity contribution >= 4 is 13.8 Å². The number of carbonyl (C=O) groups excluding carboxylic acids is 1. The SMILES string of the molecule is CCCCC/C=C\C/C=C\C/C=C\CCCCCCCCC(=O)OC(COCCCCCCCCCCCCCCCCC)COP(=O)(O)OCC[N+](C)(C)C. The zero-order valence-corrected chi connectivity index (χ0v) is 38.3. The van der Waals surface area contributed by atoms with Gasteiger partial charge in [0.15, 0.2) is 0 Å². The van der Waals surface area contributed by atoms with E-state index in [1.165, 1.54) is 122 Å². The van der Waals surface area contributed by atoms with Gasteiger partial charge in [-0.1, -0.05) is 179 Å². The Balaban J connectivity index is 4.22. The molecule has 0 bridgehead atoms. The second kappa shape index (κ2) is 40.5. The van der Waals surface area contributed by atoms with Crippen molar-refractivity contribution in [3.05, 3.63) is 36.5 Å². The molecule has 2 unspecified atom stereocenters. The maximum absolute atomic E-state index is 12.7. The molecule has 0 aromatic rings. The molecule has 0 aromatic heterocycles. The largest absolute Gasteiger partial charge is 0.472 e. The van der Waals surface area contributed by atoms with E-state index in [1.807, 2.05) is 21.1 Å². The van der Waals surface area contributed by atoms with Gasteiger partial charge in [0.05, 0.1) is 34.4 Å². The predicted molar refractivity (Wildman–Crippen MR) is 238 cm³/mol. The monoisotopic (exact) mass is 813 g/mol. The molecular formula is C47H91NO7P+. The van der Waals surface area contributed by atoms with Gasteiger partial charge in [-0.15, -0.1) is 0 Å². The first-order chi connectivity index (χ1) is 27.1. The molecule has 0 aliphatic rings. The van der Waals surface area contributed by atoms with Crippen molar-refractivity contribution in [3.63, 3.8) is 0 Å². The van der Waals surface area contributed by atoms with E-state index >= 15 is 0 Å². The summed E-state index contributed by atoms with van der Waals surface area (Å²) in [4.78, 5) is 22.9. The van der Waals surface area contributed by atoms with E-state index in [1.54, 1.807) is 0 Å². The van der Waals surface area contributed by atoms with Crippen molar-refractivity contribution < 1.29 is 37.3 Å². The molecule has 0 aliphatic heterocycles. The zero-order chi connectivity index (χ0) is 41.3. The Labute approximate surface area is 346 Å². The van der Waals surface area contributed by atoms with Gasteiger partial charge in [0.1, 0.15) is 19.3 Å². The minimum atomic E-state index is -4.28. The highest BCUT2D eigenvalue weighted by Crippen LogP contribution is 2.43. The van der Waals surface area contributed by atoms with E-state index in [2.05, 4.69) is 50.3 Å². The number of phosphoric acid groups is 1. The molecule has 0 fully saturated rings. The topological polar surface area (TPSA) is 91.3 Å². The molecule has 2 atom stereocenters. The van der Waals surface area contributed by atoms with E-state index in [9.17, 15) is 14.3 Å². The molecule has 0 aromatic carbocycles. The number of allylic oxidation sites excluding steroid dienone is 6. The summed E-state index contributed by atoms with van der Waals surface area (Å²) in [5.74, 6) is -0.324. The van der Waals surface area contributed by atoms with Gasteiger partial charge in [-0.25, -0.2) is 4.57 Å². The van der Waals surface area contributed by atoms with Gasteiger partial charge in [0.2, 0.25) is 0 Å². The molecule has 0 saturated heterocycles. The number of hydrogen-bond acceptors (Lipinski definition) is 6. The minimum Gasteiger partial charge on any atom is -0.457 e. The maximum atomic E-state index is 12.7. The lowest BCUT2D eigenvalue weighted by atomic mass is 10.0. The average Bonchev–Trinajstić information content (AvgIpc) is 3.15. The van der Waals surface area contributed by atoms with E-state index in [0.717, 1.165) is 57.8 Å². The molecule has 0 rings (SSSR count). The highest BCUT2D eigenvalue weighted by atomic mass is 31.2. The standard InChI is InChI=1S/C47H90NO7P/c1-6-8-10-12-14-16-18-20-22-23-24-25-26-28-30-32-34-36-38-40-47(49)55-46(45-54-56(50,51)53-43-41-48(3,4)5)44-52-42-39-37-35-33-31-29-27-21-19-17-15-13-11-9-7-2/h14,16,20,22,24-25,46H,6-13,15,17-19,21,23,26-45H2,1-5H3/p+1/b16-14-,22-20-,25-24-. The normalized spacial score (nSPS) is 14.0. The summed E-state index contributed by atoms with van der Waals surface area (Å²) in [6.07, 6.45) is 47.4. The Hall–Kier alpha value is -1.28. The van der Waals surface area contributed by atoms with Crippen molar-refractivity contribution in [1.29, 1.82) is 0 Å². The van der Waals surface area contributed by atoms with Crippen molar-refractivity contribution in [2.75, 3.05) is 54.1 Å². The van der Waals surface area contributed by atoms with Crippen LogP contribution in [0.15, 0.2) is 36.5 Å². The zero-order valence-electron chi connectivity index (χ0n) is 37.4. The summed E-state index contributed by atoms with van der Waals surface area (Å²) in [6, 6.07) is 0. The summed E-state index contributed by atoms with van der Waals surface area (Å²) in [5, 5.41) is 0. The Morgan fingerprint density at radius 2 is 0.982 bits per heavy atom. The van der Waals surface area contributed by atoms with Crippen LogP contribution in [0.1, 0.15) is 200 Å². The third-order valence-electron chi connectivity index (χ3n) is 9.95. The van der Waals surface area contributed by atoms with Crippen LogP contribution < -0.4 is 0 Å². The number of esters is 1. The number of likely N-dealkylation sites (N-methyl/N-ethyl adjacent to an activating group) is 1. The minimum absolute atomic E-state index is 0.0866. The number of phosphoric ester groups is 1. The van der Waals surface area contributed by atoms with Crippen LogP contribution in [0.3, 0.4) is 0 Å². The first-order valence-corrected chi connectivity index (χ1v) is 24.7. The molecule has 0 amide bonds. The Bertz CT molecular complexity index is 994. The molecule has 0 saturated carbocycles. The lowest BCUT2D eigenvalue weighted by Crippen LogP contribution is -2.37. The van der Waals surface area contributed by atoms with Crippen LogP contribution in [-0.2, 0) is 27.9 Å². The second-order valence-electron chi connectivity index (χ2n) is 16.8. The van der Waals surface area contributed by atoms with Crippen molar-refractivity contribution in [3.8, 4) is 0 Å². The van der Waals surface area contributed by atoms with E-state index in [-0.39, 0.29) is 25.8 Å². The second-order valence-corrected chi connectivity index (χ2v) is 18.2. The van der Waals surface area contributed by atoms with Gasteiger partial charge in [0.25, 0.3) is 0 Å². The van der Waals surface area contributed by atoms with Gasteiger partial charge in [-0.05, 0) is 51.4 Å². The highest BCUT2D eigenvalue weighted by molar-refractivity contribution is 7.47. The van der Waals surface area contributed by atoms with Gasteiger partial charge < -0.3 is 18.9 Å². The molecule has 1 N–H and O–H groups in total. The van der Waals surface area contributed by atoms with Gasteiger partial charge in [0, 0.05) is 13.0 Å². The Kier molecular flexibility index (Phi) is 39.6. The lowest BCUT2D eigenvalue weighted by Gasteiger charge is -2.24. The average molecular weight is 813 g/mol. The summed E-state index contributed by atoms with van der Waals surface area (Å²) in [7, 11) is 1.66. The number of hydrogen-bond donors (Lipinski definition) is 1. The maximum Gasteiger partial charge on any atom is 0.472 e. The summed E-state index contributed by atoms with van der Waals surface area (Å²) in [5.41, 5.74) is 0. The van der Waals surface area contributed by atoms with Crippen molar-refractivity contribution in [2.24, 2.45) is 0 Å². The van der Waals surface area contributed by atoms with Crippen LogP contribution >= 0.6 is 7.82 Å². The summed E-state index contributed by atoms with van der Waals surface area (Å²) >= 11 is 0. The first-order valence-electron chi connectivity index (χ1n) is 23.2. The van der Waals surface area contributed by atoms with Gasteiger partial charge >= 0.3 is 13.8 Å². The van der Waals surface area contributed by atoms with Crippen LogP contribution in [0.25, 0.3) is 0 Å². The molecule has 0 radical (unpaired) electrons. The Morgan fingerprint density at radius 1 is 0.554 bits per heavy atom. The summed E-state index contributed by atoms with van der Waals surface area (Å²) in [6.45, 7) is 5.60. The van der Waals surface area contributed by atoms with E-state index < -0.39 is 13.9 Å². The lowest BCUT2D eigenvalue weighted by molar-refractivity contribution is -0.870. The number of nitrogens with zero attached hydrogens (tertiary/aromatic N) is 1. The fourth-order valence-corrected chi connectivity index (χ4v) is 7.07. The highest BCUT2D eigenvalue weighted by Gasteiger charge is 2.26. The number of unbranched alkanes of at least 4 members (excludes halogenated alkanes) is 23. The van der Waals surface area contributed by atoms with E-state index in [0.29, 0.717) is 24.1 Å². The fraction of sp³-hybridized carbons (Fsp3) is 0.851. The molecule has 0 heterocycles. The van der Waals surface area contributed by atoms with Gasteiger partial charge in [-0.2, -0.15) is 0 Å². The third-order valence-corrected chi connectivity index (χ3v) is 10.9. The molecule has 330 valence electrons. The molecule has 8 nitrogen and oxygen atoms in total. The number of ether oxygens (including phenoxy) is 2. The molecule has 9 heteroatoms. The smallest absolute Gasteiger partial charge is 0.457 e. The third kappa shape index (κ3) is 43.8. The van der Waals surface area contributed by atoms with Crippen LogP contribution in [0, 0.1) is 0 Å². The fourth-order valence-electron chi connectivity index (χ4n) is 6.32. The molecular weight excluding hydrogens is 721 g/mol. The van der Waals surface area contributed by atoms with Crippen LogP contribution in [0.4, 0.5) is 0 Å². The molecule has 0 spiro atoms.